The molecule has 1 saturated heterocycles. The van der Waals surface area contributed by atoms with E-state index >= 15 is 0 Å². The average molecular weight is 590 g/mol. The molecule has 1 fully saturated rings. The molecular weight excluding hydrogens is 563 g/mol. The van der Waals surface area contributed by atoms with Crippen molar-refractivity contribution in [2.75, 3.05) is 12.0 Å². The molecule has 5 rings (SSSR count). The molecular formula is C32H26Cl2N2O3S. The number of nitrogens with zero attached hydrogens (tertiary/aromatic N) is 2. The lowest BCUT2D eigenvalue weighted by atomic mass is 10.1. The third-order valence-corrected chi connectivity index (χ3v) is 7.93. The number of methoxy groups -OCH3 is 1. The highest BCUT2D eigenvalue weighted by atomic mass is 35.5. The van der Waals surface area contributed by atoms with Crippen LogP contribution < -0.4 is 14.4 Å². The first-order chi connectivity index (χ1) is 19.4. The Balaban J connectivity index is 1.55. The molecule has 1 heterocycles. The summed E-state index contributed by atoms with van der Waals surface area (Å²) >= 11 is 13.7. The average Bonchev–Trinajstić information content (AvgIpc) is 3.25. The number of anilines is 1. The van der Waals surface area contributed by atoms with Crippen molar-refractivity contribution in [3.63, 3.8) is 0 Å². The van der Waals surface area contributed by atoms with Crippen LogP contribution in [0.4, 0.5) is 11.4 Å². The molecule has 1 amide bonds. The van der Waals surface area contributed by atoms with Crippen LogP contribution in [0, 0.1) is 13.8 Å². The maximum Gasteiger partial charge on any atom is 0.271 e. The predicted molar refractivity (Wildman–Crippen MR) is 166 cm³/mol. The number of carbonyl (C=O) groups is 1. The molecule has 4 aromatic carbocycles. The SMILES string of the molecule is COc1cccc(/C=C2/SC(=Nc3c(C)cccc3C)N(c3ccccc3)C2=O)c1OCc1ccc(Cl)cc1Cl. The standard InChI is InChI=1S/C32H26Cl2N2O3S/c1-20-9-7-10-21(2)29(20)35-32-36(25-12-5-4-6-13-25)31(37)28(40-32)17-22-11-8-14-27(38-3)30(22)39-19-23-15-16-24(33)18-26(23)34/h4-18H,19H2,1-3H3/b28-17+,35-32?. The second-order valence-electron chi connectivity index (χ2n) is 9.12. The highest BCUT2D eigenvalue weighted by Crippen LogP contribution is 2.41. The van der Waals surface area contributed by atoms with Crippen LogP contribution in [0.5, 0.6) is 11.5 Å². The van der Waals surface area contributed by atoms with Crippen molar-refractivity contribution in [1.29, 1.82) is 0 Å². The Labute approximate surface area is 248 Å². The summed E-state index contributed by atoms with van der Waals surface area (Å²) in [6, 6.07) is 26.4. The lowest BCUT2D eigenvalue weighted by Crippen LogP contribution is -2.28. The number of thioether (sulfide) groups is 1. The monoisotopic (exact) mass is 588 g/mol. The summed E-state index contributed by atoms with van der Waals surface area (Å²) in [6.07, 6.45) is 1.82. The molecule has 0 aliphatic carbocycles. The smallest absolute Gasteiger partial charge is 0.271 e. The van der Waals surface area contributed by atoms with Crippen LogP contribution in [0.2, 0.25) is 10.0 Å². The summed E-state index contributed by atoms with van der Waals surface area (Å²) < 4.78 is 11.8. The molecule has 202 valence electrons. The fourth-order valence-electron chi connectivity index (χ4n) is 4.32. The normalized spacial score (nSPS) is 15.2. The van der Waals surface area contributed by atoms with Crippen molar-refractivity contribution in [2.45, 2.75) is 20.5 Å². The van der Waals surface area contributed by atoms with E-state index in [4.69, 9.17) is 37.7 Å². The largest absolute Gasteiger partial charge is 0.493 e. The first kappa shape index (κ1) is 27.8. The highest BCUT2D eigenvalue weighted by Gasteiger charge is 2.35. The Bertz CT molecular complexity index is 1620. The Morgan fingerprint density at radius 2 is 1.65 bits per heavy atom. The summed E-state index contributed by atoms with van der Waals surface area (Å²) in [7, 11) is 1.58. The summed E-state index contributed by atoms with van der Waals surface area (Å²) in [5, 5.41) is 1.64. The number of ether oxygens (including phenoxy) is 2. The van der Waals surface area contributed by atoms with Gasteiger partial charge in [-0.15, -0.1) is 0 Å². The van der Waals surface area contributed by atoms with Gasteiger partial charge in [0.15, 0.2) is 16.7 Å². The zero-order valence-corrected chi connectivity index (χ0v) is 24.5. The molecule has 8 heteroatoms. The van der Waals surface area contributed by atoms with E-state index in [0.29, 0.717) is 37.2 Å². The van der Waals surface area contributed by atoms with Gasteiger partial charge in [-0.25, -0.2) is 4.99 Å². The zero-order valence-electron chi connectivity index (χ0n) is 22.2. The summed E-state index contributed by atoms with van der Waals surface area (Å²) in [4.78, 5) is 21.0. The molecule has 0 N–H and O–H groups in total. The van der Waals surface area contributed by atoms with Gasteiger partial charge in [0.1, 0.15) is 6.61 Å². The van der Waals surface area contributed by atoms with Gasteiger partial charge in [-0.05, 0) is 73.1 Å². The molecule has 0 aromatic heterocycles. The number of benzene rings is 4. The molecule has 1 aliphatic heterocycles. The molecule has 0 atom stereocenters. The van der Waals surface area contributed by atoms with Gasteiger partial charge >= 0.3 is 0 Å². The van der Waals surface area contributed by atoms with Crippen molar-refractivity contribution in [1.82, 2.24) is 0 Å². The fourth-order valence-corrected chi connectivity index (χ4v) is 5.76. The number of para-hydroxylation sites is 3. The van der Waals surface area contributed by atoms with Gasteiger partial charge in [0.05, 0.1) is 23.4 Å². The number of halogens is 2. The Hall–Kier alpha value is -3.71. The molecule has 0 bridgehead atoms. The Morgan fingerprint density at radius 3 is 2.35 bits per heavy atom. The number of hydrogen-bond donors (Lipinski definition) is 0. The van der Waals surface area contributed by atoms with E-state index in [9.17, 15) is 4.79 Å². The van der Waals surface area contributed by atoms with Gasteiger partial charge in [0.2, 0.25) is 0 Å². The number of hydrogen-bond acceptors (Lipinski definition) is 5. The molecule has 0 radical (unpaired) electrons. The molecule has 5 nitrogen and oxygen atoms in total. The van der Waals surface area contributed by atoms with Crippen LogP contribution in [0.25, 0.3) is 6.08 Å². The number of amides is 1. The highest BCUT2D eigenvalue weighted by molar-refractivity contribution is 8.19. The minimum Gasteiger partial charge on any atom is -0.493 e. The third-order valence-electron chi connectivity index (χ3n) is 6.37. The lowest BCUT2D eigenvalue weighted by Gasteiger charge is -2.16. The lowest BCUT2D eigenvalue weighted by molar-refractivity contribution is -0.113. The first-order valence-corrected chi connectivity index (χ1v) is 14.1. The van der Waals surface area contributed by atoms with Gasteiger partial charge < -0.3 is 9.47 Å². The molecule has 0 saturated carbocycles. The molecule has 40 heavy (non-hydrogen) atoms. The fraction of sp³-hybridized carbons (Fsp3) is 0.125. The first-order valence-electron chi connectivity index (χ1n) is 12.5. The maximum atomic E-state index is 13.9. The van der Waals surface area contributed by atoms with E-state index in [-0.39, 0.29) is 12.5 Å². The van der Waals surface area contributed by atoms with Crippen LogP contribution in [-0.4, -0.2) is 18.2 Å². The zero-order chi connectivity index (χ0) is 28.2. The Morgan fingerprint density at radius 1 is 0.925 bits per heavy atom. The van der Waals surface area contributed by atoms with Crippen molar-refractivity contribution < 1.29 is 14.3 Å². The van der Waals surface area contributed by atoms with Crippen LogP contribution in [0.1, 0.15) is 22.3 Å². The van der Waals surface area contributed by atoms with E-state index < -0.39 is 0 Å². The third kappa shape index (κ3) is 5.89. The van der Waals surface area contributed by atoms with Crippen LogP contribution in [0.3, 0.4) is 0 Å². The van der Waals surface area contributed by atoms with Crippen LogP contribution in [-0.2, 0) is 11.4 Å². The van der Waals surface area contributed by atoms with Crippen LogP contribution in [0.15, 0.2) is 94.8 Å². The van der Waals surface area contributed by atoms with E-state index in [2.05, 4.69) is 0 Å². The van der Waals surface area contributed by atoms with Gasteiger partial charge in [0.25, 0.3) is 5.91 Å². The van der Waals surface area contributed by atoms with Crippen molar-refractivity contribution in [2.24, 2.45) is 4.99 Å². The minimum absolute atomic E-state index is 0.171. The molecule has 0 unspecified atom stereocenters. The number of amidine groups is 1. The van der Waals surface area contributed by atoms with Gasteiger partial charge in [0, 0.05) is 21.2 Å². The summed E-state index contributed by atoms with van der Waals surface area (Å²) in [5.74, 6) is 0.873. The molecule has 0 spiro atoms. The van der Waals surface area contributed by atoms with Crippen molar-refractivity contribution in [3.05, 3.63) is 122 Å². The second kappa shape index (κ2) is 12.2. The number of rotatable bonds is 7. The van der Waals surface area contributed by atoms with E-state index in [1.54, 1.807) is 24.1 Å². The van der Waals surface area contributed by atoms with E-state index in [0.717, 1.165) is 28.1 Å². The van der Waals surface area contributed by atoms with E-state index in [1.165, 1.54) is 11.8 Å². The van der Waals surface area contributed by atoms with Crippen molar-refractivity contribution >= 4 is 63.5 Å². The minimum atomic E-state index is -0.171. The van der Waals surface area contributed by atoms with E-state index in [1.807, 2.05) is 92.7 Å². The Kier molecular flexibility index (Phi) is 8.50. The van der Waals surface area contributed by atoms with Crippen molar-refractivity contribution in [3.8, 4) is 11.5 Å². The van der Waals surface area contributed by atoms with Crippen LogP contribution >= 0.6 is 35.0 Å². The molecule has 4 aromatic rings. The molecule has 1 aliphatic rings. The number of aryl methyl sites for hydroxylation is 2. The van der Waals surface area contributed by atoms with Gasteiger partial charge in [-0.3, -0.25) is 9.69 Å². The topological polar surface area (TPSA) is 51.1 Å². The van der Waals surface area contributed by atoms with Gasteiger partial charge in [-0.1, -0.05) is 77.8 Å². The quantitative estimate of drug-likeness (QED) is 0.202. The predicted octanol–water partition coefficient (Wildman–Crippen LogP) is 9.01. The number of carbonyl (C=O) groups excluding carboxylic acids is 1. The van der Waals surface area contributed by atoms with Gasteiger partial charge in [-0.2, -0.15) is 0 Å². The summed E-state index contributed by atoms with van der Waals surface area (Å²) in [6.45, 7) is 4.23. The second-order valence-corrected chi connectivity index (χ2v) is 11.0. The maximum absolute atomic E-state index is 13.9. The number of aliphatic imine (C=N–C) groups is 1. The summed E-state index contributed by atoms with van der Waals surface area (Å²) in [5.41, 5.74) is 5.14.